The van der Waals surface area contributed by atoms with E-state index in [1.165, 1.54) is 12.1 Å². The van der Waals surface area contributed by atoms with E-state index in [4.69, 9.17) is 34.3 Å². The lowest BCUT2D eigenvalue weighted by Gasteiger charge is -2.34. The van der Waals surface area contributed by atoms with Crippen molar-refractivity contribution in [2.24, 2.45) is 10.7 Å². The van der Waals surface area contributed by atoms with Gasteiger partial charge in [-0.2, -0.15) is 5.10 Å². The fourth-order valence-electron chi connectivity index (χ4n) is 3.86. The van der Waals surface area contributed by atoms with E-state index < -0.39 is 5.82 Å². The zero-order chi connectivity index (χ0) is 21.3. The zero-order valence-corrected chi connectivity index (χ0v) is 17.8. The number of hydrogen-bond donors (Lipinski definition) is 4. The van der Waals surface area contributed by atoms with Gasteiger partial charge in [-0.15, -0.1) is 0 Å². The summed E-state index contributed by atoms with van der Waals surface area (Å²) in [7, 11) is 0. The Bertz CT molecular complexity index is 969. The van der Waals surface area contributed by atoms with Gasteiger partial charge in [-0.05, 0) is 31.5 Å². The Morgan fingerprint density at radius 1 is 1.37 bits per heavy atom. The SMILES string of the molecule is N=C(CC1C(N)=NCCN1Cc1c(Cl)ccc(F)c1Cl)c1n[nH]c(C2CCCN2)n1. The molecule has 0 aliphatic carbocycles. The van der Waals surface area contributed by atoms with Gasteiger partial charge in [-0.1, -0.05) is 23.2 Å². The normalized spacial score (nSPS) is 22.3. The van der Waals surface area contributed by atoms with Crippen molar-refractivity contribution in [3.63, 3.8) is 0 Å². The number of benzene rings is 1. The number of H-pyrrole nitrogens is 1. The Morgan fingerprint density at radius 3 is 2.97 bits per heavy atom. The maximum absolute atomic E-state index is 13.9. The van der Waals surface area contributed by atoms with Gasteiger partial charge in [0.05, 0.1) is 29.4 Å². The molecule has 2 aromatic rings. The van der Waals surface area contributed by atoms with Crippen LogP contribution in [-0.2, 0) is 6.54 Å². The van der Waals surface area contributed by atoms with Crippen molar-refractivity contribution in [3.05, 3.63) is 45.2 Å². The van der Waals surface area contributed by atoms with Crippen LogP contribution in [0, 0.1) is 11.2 Å². The molecule has 160 valence electrons. The molecule has 0 radical (unpaired) electrons. The van der Waals surface area contributed by atoms with E-state index in [1.807, 2.05) is 4.90 Å². The van der Waals surface area contributed by atoms with Crippen LogP contribution in [-0.4, -0.2) is 57.3 Å². The predicted octanol–water partition coefficient (Wildman–Crippen LogP) is 2.67. The molecule has 2 aliphatic rings. The lowest BCUT2D eigenvalue weighted by Crippen LogP contribution is -2.50. The van der Waals surface area contributed by atoms with E-state index in [2.05, 4.69) is 25.5 Å². The molecule has 2 atom stereocenters. The van der Waals surface area contributed by atoms with Crippen LogP contribution in [0.15, 0.2) is 17.1 Å². The molecule has 0 amide bonds. The highest BCUT2D eigenvalue weighted by atomic mass is 35.5. The highest BCUT2D eigenvalue weighted by Crippen LogP contribution is 2.30. The van der Waals surface area contributed by atoms with Crippen LogP contribution in [0.25, 0.3) is 0 Å². The second-order valence-corrected chi connectivity index (χ2v) is 8.28. The summed E-state index contributed by atoms with van der Waals surface area (Å²) in [5.74, 6) is 0.988. The van der Waals surface area contributed by atoms with Crippen LogP contribution < -0.4 is 11.1 Å². The van der Waals surface area contributed by atoms with Gasteiger partial charge in [0.25, 0.3) is 0 Å². The minimum Gasteiger partial charge on any atom is -0.386 e. The number of rotatable bonds is 6. The van der Waals surface area contributed by atoms with Crippen molar-refractivity contribution in [3.8, 4) is 0 Å². The molecule has 8 nitrogen and oxygen atoms in total. The number of aromatic amines is 1. The van der Waals surface area contributed by atoms with Gasteiger partial charge in [0.1, 0.15) is 17.5 Å². The smallest absolute Gasteiger partial charge is 0.194 e. The standard InChI is InChI=1S/C19H23Cl2FN8/c20-11-3-4-12(22)16(21)10(11)9-30-7-6-26-17(24)15(30)8-13(23)18-27-19(29-28-18)14-2-1-5-25-14/h3-4,14-15,23,25H,1-2,5-9H2,(H2,24,26)(H,27,28,29). The summed E-state index contributed by atoms with van der Waals surface area (Å²) in [6.45, 7) is 2.35. The quantitative estimate of drug-likeness (QED) is 0.396. The summed E-state index contributed by atoms with van der Waals surface area (Å²) < 4.78 is 13.9. The first-order valence-corrected chi connectivity index (χ1v) is 10.6. The maximum atomic E-state index is 13.9. The Hall–Kier alpha value is -2.07. The highest BCUT2D eigenvalue weighted by Gasteiger charge is 2.30. The lowest BCUT2D eigenvalue weighted by atomic mass is 10.0. The number of nitrogens with zero attached hydrogens (tertiary/aromatic N) is 4. The zero-order valence-electron chi connectivity index (χ0n) is 16.3. The van der Waals surface area contributed by atoms with Crippen LogP contribution in [0.3, 0.4) is 0 Å². The Morgan fingerprint density at radius 2 is 2.20 bits per heavy atom. The third-order valence-corrected chi connectivity index (χ3v) is 6.29. The van der Waals surface area contributed by atoms with Gasteiger partial charge < -0.3 is 16.5 Å². The van der Waals surface area contributed by atoms with E-state index in [1.54, 1.807) is 0 Å². The third-order valence-electron chi connectivity index (χ3n) is 5.52. The minimum atomic E-state index is -0.521. The monoisotopic (exact) mass is 452 g/mol. The molecular weight excluding hydrogens is 430 g/mol. The largest absolute Gasteiger partial charge is 0.386 e. The molecule has 0 bridgehead atoms. The second kappa shape index (κ2) is 8.97. The lowest BCUT2D eigenvalue weighted by molar-refractivity contribution is 0.231. The summed E-state index contributed by atoms with van der Waals surface area (Å²) in [5, 5.41) is 19.4. The minimum absolute atomic E-state index is 0.0000773. The van der Waals surface area contributed by atoms with Crippen LogP contribution >= 0.6 is 23.2 Å². The highest BCUT2D eigenvalue weighted by molar-refractivity contribution is 6.36. The number of amidine groups is 1. The topological polar surface area (TPSA) is 119 Å². The van der Waals surface area contributed by atoms with Gasteiger partial charge in [-0.25, -0.2) is 9.37 Å². The number of halogens is 3. The summed E-state index contributed by atoms with van der Waals surface area (Å²) in [6, 6.07) is 2.53. The van der Waals surface area contributed by atoms with E-state index in [0.29, 0.717) is 41.9 Å². The molecule has 1 aromatic heterocycles. The number of aromatic nitrogens is 3. The van der Waals surface area contributed by atoms with Gasteiger partial charge in [-0.3, -0.25) is 15.0 Å². The van der Waals surface area contributed by atoms with E-state index in [-0.39, 0.29) is 29.2 Å². The Labute approximate surface area is 183 Å². The van der Waals surface area contributed by atoms with Gasteiger partial charge in [0, 0.05) is 30.1 Å². The van der Waals surface area contributed by atoms with Crippen molar-refractivity contribution in [2.45, 2.75) is 37.9 Å². The average Bonchev–Trinajstić information content (AvgIpc) is 3.42. The summed E-state index contributed by atoms with van der Waals surface area (Å²) in [4.78, 5) is 10.8. The van der Waals surface area contributed by atoms with Crippen LogP contribution in [0.2, 0.25) is 10.0 Å². The van der Waals surface area contributed by atoms with E-state index in [9.17, 15) is 4.39 Å². The third kappa shape index (κ3) is 4.34. The second-order valence-electron chi connectivity index (χ2n) is 7.49. The van der Waals surface area contributed by atoms with Crippen LogP contribution in [0.4, 0.5) is 4.39 Å². The number of hydrogen-bond acceptors (Lipinski definition) is 7. The molecule has 1 fully saturated rings. The van der Waals surface area contributed by atoms with Crippen molar-refractivity contribution in [1.82, 2.24) is 25.4 Å². The molecule has 11 heteroatoms. The average molecular weight is 453 g/mol. The summed E-state index contributed by atoms with van der Waals surface area (Å²) in [6.07, 6.45) is 2.36. The molecule has 1 saturated heterocycles. The van der Waals surface area contributed by atoms with Crippen molar-refractivity contribution in [2.75, 3.05) is 19.6 Å². The van der Waals surface area contributed by atoms with Gasteiger partial charge in [0.2, 0.25) is 0 Å². The molecule has 2 unspecified atom stereocenters. The first kappa shape index (κ1) is 21.2. The van der Waals surface area contributed by atoms with Gasteiger partial charge in [0.15, 0.2) is 5.82 Å². The maximum Gasteiger partial charge on any atom is 0.194 e. The molecule has 0 saturated carbocycles. The van der Waals surface area contributed by atoms with Crippen molar-refractivity contribution < 1.29 is 4.39 Å². The van der Waals surface area contributed by atoms with Crippen molar-refractivity contribution >= 4 is 34.7 Å². The summed E-state index contributed by atoms with van der Waals surface area (Å²) in [5.41, 5.74) is 6.92. The molecule has 2 aliphatic heterocycles. The number of nitrogens with one attached hydrogen (secondary N) is 3. The number of nitrogens with two attached hydrogens (primary N) is 1. The van der Waals surface area contributed by atoms with Crippen LogP contribution in [0.5, 0.6) is 0 Å². The molecule has 5 N–H and O–H groups in total. The van der Waals surface area contributed by atoms with Gasteiger partial charge >= 0.3 is 0 Å². The first-order chi connectivity index (χ1) is 14.4. The van der Waals surface area contributed by atoms with Crippen LogP contribution in [0.1, 0.15) is 42.5 Å². The fourth-order valence-corrected chi connectivity index (χ4v) is 4.35. The molecule has 30 heavy (non-hydrogen) atoms. The van der Waals surface area contributed by atoms with E-state index in [0.717, 1.165) is 25.2 Å². The molecule has 3 heterocycles. The first-order valence-electron chi connectivity index (χ1n) is 9.83. The van der Waals surface area contributed by atoms with Crippen molar-refractivity contribution in [1.29, 1.82) is 5.41 Å². The van der Waals surface area contributed by atoms with E-state index >= 15 is 0 Å². The molecule has 0 spiro atoms. The summed E-state index contributed by atoms with van der Waals surface area (Å²) >= 11 is 12.4. The Kier molecular flexibility index (Phi) is 6.33. The molecular formula is C19H23Cl2FN8. The molecule has 4 rings (SSSR count). The number of aliphatic imine (C=N–C) groups is 1. The molecule has 1 aromatic carbocycles. The fraction of sp³-hybridized carbons (Fsp3) is 0.474. The predicted molar refractivity (Wildman–Crippen MR) is 115 cm³/mol. The Balaban J connectivity index is 1.51.